The molecule has 0 radical (unpaired) electrons. The number of amides is 2. The van der Waals surface area contributed by atoms with Crippen molar-refractivity contribution in [1.82, 2.24) is 4.31 Å². The Kier molecular flexibility index (Phi) is 6.87. The number of hydrogen-bond acceptors (Lipinski definition) is 5. The fourth-order valence-electron chi connectivity index (χ4n) is 3.60. The Bertz CT molecular complexity index is 1330. The Hall–Kier alpha value is -3.40. The maximum absolute atomic E-state index is 13.2. The Morgan fingerprint density at radius 1 is 1.09 bits per heavy atom. The molecule has 0 aliphatic carbocycles. The van der Waals surface area contributed by atoms with Gasteiger partial charge in [0.25, 0.3) is 0 Å². The summed E-state index contributed by atoms with van der Waals surface area (Å²) in [7, 11) is -3.91. The van der Waals surface area contributed by atoms with E-state index in [2.05, 4.69) is 17.2 Å². The average molecular weight is 500 g/mol. The number of fused-ring (bicyclic) bond motifs is 1. The number of furan rings is 1. The molecule has 176 valence electrons. The van der Waals surface area contributed by atoms with Crippen LogP contribution in [0.1, 0.15) is 23.3 Å². The third-order valence-corrected chi connectivity index (χ3v) is 7.59. The molecule has 3 aromatic rings. The SMILES string of the molecule is C=CC(=O)Nc1cc2c(o1)CN(S(=O)(=O)c1ccc(NC(=O)CCc3ccccc3)cc1Cl)C2. The van der Waals surface area contributed by atoms with Gasteiger partial charge in [0.05, 0.1) is 11.6 Å². The molecule has 1 aliphatic rings. The third kappa shape index (κ3) is 5.22. The smallest absolute Gasteiger partial charge is 0.250 e. The number of aryl methyl sites for hydroxylation is 1. The van der Waals surface area contributed by atoms with Crippen molar-refractivity contribution in [2.24, 2.45) is 0 Å². The van der Waals surface area contributed by atoms with Crippen molar-refractivity contribution in [2.75, 3.05) is 10.6 Å². The number of nitrogens with zero attached hydrogens (tertiary/aromatic N) is 1. The van der Waals surface area contributed by atoms with Gasteiger partial charge in [-0.25, -0.2) is 8.42 Å². The van der Waals surface area contributed by atoms with Crippen LogP contribution in [0.15, 0.2) is 76.6 Å². The predicted octanol–water partition coefficient (Wildman–Crippen LogP) is 4.33. The van der Waals surface area contributed by atoms with E-state index in [1.165, 1.54) is 22.5 Å². The summed E-state index contributed by atoms with van der Waals surface area (Å²) in [4.78, 5) is 23.6. The molecule has 0 bridgehead atoms. The van der Waals surface area contributed by atoms with Crippen molar-refractivity contribution < 1.29 is 22.4 Å². The average Bonchev–Trinajstić information content (AvgIpc) is 3.37. The molecule has 2 N–H and O–H groups in total. The van der Waals surface area contributed by atoms with Gasteiger partial charge in [0.1, 0.15) is 10.7 Å². The summed E-state index contributed by atoms with van der Waals surface area (Å²) in [5.74, 6) is 0.0635. The molecule has 2 amide bonds. The molecule has 0 unspecified atom stereocenters. The summed E-state index contributed by atoms with van der Waals surface area (Å²) in [6.07, 6.45) is 1.99. The quantitative estimate of drug-likeness (QED) is 0.448. The topological polar surface area (TPSA) is 109 Å². The van der Waals surface area contributed by atoms with Gasteiger partial charge in [-0.3, -0.25) is 14.9 Å². The highest BCUT2D eigenvalue weighted by Gasteiger charge is 2.34. The largest absolute Gasteiger partial charge is 0.444 e. The number of benzene rings is 2. The van der Waals surface area contributed by atoms with Gasteiger partial charge in [-0.05, 0) is 36.3 Å². The van der Waals surface area contributed by atoms with Crippen molar-refractivity contribution in [1.29, 1.82) is 0 Å². The molecule has 0 spiro atoms. The Morgan fingerprint density at radius 2 is 1.85 bits per heavy atom. The fourth-order valence-corrected chi connectivity index (χ4v) is 5.49. The molecule has 0 saturated carbocycles. The molecular formula is C24H22ClN3O5S. The second-order valence-electron chi connectivity index (χ2n) is 7.70. The molecule has 2 aromatic carbocycles. The maximum Gasteiger partial charge on any atom is 0.250 e. The Balaban J connectivity index is 1.40. The van der Waals surface area contributed by atoms with Gasteiger partial charge in [0.15, 0.2) is 5.88 Å². The van der Waals surface area contributed by atoms with Crippen molar-refractivity contribution >= 4 is 45.0 Å². The zero-order chi connectivity index (χ0) is 24.3. The molecule has 1 aliphatic heterocycles. The lowest BCUT2D eigenvalue weighted by Gasteiger charge is -2.17. The van der Waals surface area contributed by atoms with E-state index in [1.807, 2.05) is 30.3 Å². The van der Waals surface area contributed by atoms with Gasteiger partial charge in [-0.2, -0.15) is 4.31 Å². The van der Waals surface area contributed by atoms with Crippen LogP contribution in [0.5, 0.6) is 0 Å². The second kappa shape index (κ2) is 9.84. The van der Waals surface area contributed by atoms with Crippen LogP contribution in [0.25, 0.3) is 0 Å². The number of carbonyl (C=O) groups is 2. The molecule has 2 heterocycles. The number of halogens is 1. The molecule has 10 heteroatoms. The maximum atomic E-state index is 13.2. The van der Waals surface area contributed by atoms with E-state index in [-0.39, 0.29) is 41.2 Å². The number of nitrogens with one attached hydrogen (secondary N) is 2. The van der Waals surface area contributed by atoms with Gasteiger partial charge < -0.3 is 9.73 Å². The number of rotatable bonds is 8. The minimum Gasteiger partial charge on any atom is -0.444 e. The molecule has 34 heavy (non-hydrogen) atoms. The highest BCUT2D eigenvalue weighted by Crippen LogP contribution is 2.35. The molecule has 0 saturated heterocycles. The van der Waals surface area contributed by atoms with E-state index < -0.39 is 15.9 Å². The van der Waals surface area contributed by atoms with Crippen LogP contribution in [0.3, 0.4) is 0 Å². The first kappa shape index (κ1) is 23.7. The summed E-state index contributed by atoms with van der Waals surface area (Å²) in [6, 6.07) is 15.5. The van der Waals surface area contributed by atoms with E-state index in [4.69, 9.17) is 16.0 Å². The predicted molar refractivity (Wildman–Crippen MR) is 129 cm³/mol. The monoisotopic (exact) mass is 499 g/mol. The van der Waals surface area contributed by atoms with Gasteiger partial charge in [-0.15, -0.1) is 0 Å². The van der Waals surface area contributed by atoms with Gasteiger partial charge in [0, 0.05) is 30.3 Å². The third-order valence-electron chi connectivity index (χ3n) is 5.31. The van der Waals surface area contributed by atoms with E-state index >= 15 is 0 Å². The van der Waals surface area contributed by atoms with Crippen LogP contribution >= 0.6 is 11.6 Å². The van der Waals surface area contributed by atoms with E-state index in [9.17, 15) is 18.0 Å². The molecular weight excluding hydrogens is 478 g/mol. The molecule has 0 atom stereocenters. The van der Waals surface area contributed by atoms with Crippen molar-refractivity contribution in [3.8, 4) is 0 Å². The summed E-state index contributed by atoms with van der Waals surface area (Å²) < 4.78 is 33.1. The normalized spacial score (nSPS) is 13.3. The number of anilines is 2. The van der Waals surface area contributed by atoms with Crippen molar-refractivity contribution in [3.05, 3.63) is 89.2 Å². The lowest BCUT2D eigenvalue weighted by Crippen LogP contribution is -2.26. The lowest BCUT2D eigenvalue weighted by atomic mass is 10.1. The minimum absolute atomic E-state index is 0.00307. The van der Waals surface area contributed by atoms with Crippen molar-refractivity contribution in [2.45, 2.75) is 30.8 Å². The lowest BCUT2D eigenvalue weighted by molar-refractivity contribution is -0.116. The number of carbonyl (C=O) groups excluding carboxylic acids is 2. The highest BCUT2D eigenvalue weighted by atomic mass is 35.5. The van der Waals surface area contributed by atoms with E-state index in [0.717, 1.165) is 11.6 Å². The molecule has 4 rings (SSSR count). The van der Waals surface area contributed by atoms with E-state index in [1.54, 1.807) is 6.07 Å². The molecule has 0 fully saturated rings. The standard InChI is InChI=1S/C24H22ClN3O5S/c1-2-22(29)27-24-12-17-14-28(15-20(17)33-24)34(31,32)21-10-9-18(13-19(21)25)26-23(30)11-8-16-6-4-3-5-7-16/h2-7,9-10,12-13H,1,8,11,14-15H2,(H,26,30)(H,27,29). The number of sulfonamides is 1. The second-order valence-corrected chi connectivity index (χ2v) is 10.0. The highest BCUT2D eigenvalue weighted by molar-refractivity contribution is 7.89. The van der Waals surface area contributed by atoms with Gasteiger partial charge in [0.2, 0.25) is 21.8 Å². The van der Waals surface area contributed by atoms with Gasteiger partial charge in [-0.1, -0.05) is 48.5 Å². The van der Waals surface area contributed by atoms with Gasteiger partial charge >= 0.3 is 0 Å². The van der Waals surface area contributed by atoms with Crippen LogP contribution < -0.4 is 10.6 Å². The first-order valence-electron chi connectivity index (χ1n) is 10.4. The summed E-state index contributed by atoms with van der Waals surface area (Å²) in [6.45, 7) is 3.47. The van der Waals surface area contributed by atoms with E-state index in [0.29, 0.717) is 23.4 Å². The first-order valence-corrected chi connectivity index (χ1v) is 12.3. The minimum atomic E-state index is -3.91. The summed E-state index contributed by atoms with van der Waals surface area (Å²) >= 11 is 6.30. The zero-order valence-electron chi connectivity index (χ0n) is 18.1. The van der Waals surface area contributed by atoms with Crippen LogP contribution in [0.4, 0.5) is 11.6 Å². The summed E-state index contributed by atoms with van der Waals surface area (Å²) in [5.41, 5.74) is 2.12. The first-order chi connectivity index (χ1) is 16.3. The molecule has 1 aromatic heterocycles. The number of hydrogen-bond donors (Lipinski definition) is 2. The van der Waals surface area contributed by atoms with Crippen molar-refractivity contribution in [3.63, 3.8) is 0 Å². The van der Waals surface area contributed by atoms with Crippen LogP contribution in [0, 0.1) is 0 Å². The summed E-state index contributed by atoms with van der Waals surface area (Å²) in [5, 5.41) is 5.26. The van der Waals surface area contributed by atoms with Crippen LogP contribution in [0.2, 0.25) is 5.02 Å². The fraction of sp³-hybridized carbons (Fsp3) is 0.167. The van der Waals surface area contributed by atoms with Crippen LogP contribution in [-0.2, 0) is 39.1 Å². The Labute approximate surface area is 202 Å². The molecule has 8 nitrogen and oxygen atoms in total. The Morgan fingerprint density at radius 3 is 2.53 bits per heavy atom. The zero-order valence-corrected chi connectivity index (χ0v) is 19.7. The van der Waals surface area contributed by atoms with Crippen LogP contribution in [-0.4, -0.2) is 24.5 Å².